The summed E-state index contributed by atoms with van der Waals surface area (Å²) in [4.78, 5) is 2.27. The minimum absolute atomic E-state index is 0.308. The molecule has 112 valence electrons. The van der Waals surface area contributed by atoms with E-state index in [1.807, 2.05) is 0 Å². The predicted molar refractivity (Wildman–Crippen MR) is 87.2 cm³/mol. The Morgan fingerprint density at radius 2 is 2.30 bits per heavy atom. The molecule has 0 saturated carbocycles. The van der Waals surface area contributed by atoms with Gasteiger partial charge >= 0.3 is 0 Å². The molecule has 2 atom stereocenters. The van der Waals surface area contributed by atoms with Crippen LogP contribution in [0.2, 0.25) is 5.02 Å². The molecular weight excluding hydrogens is 343 g/mol. The summed E-state index contributed by atoms with van der Waals surface area (Å²) >= 11 is 9.70. The summed E-state index contributed by atoms with van der Waals surface area (Å²) in [6.45, 7) is 7.33. The highest BCUT2D eigenvalue weighted by Crippen LogP contribution is 2.35. The first-order valence-corrected chi connectivity index (χ1v) is 8.33. The van der Waals surface area contributed by atoms with E-state index < -0.39 is 0 Å². The summed E-state index contributed by atoms with van der Waals surface area (Å²) in [5, 5.41) is 4.08. The SMILES string of the molecule is CCC(C)C1CN(c2c(Cl)cc(F)cc2Br)CCCN1. The zero-order chi connectivity index (χ0) is 14.7. The Kier molecular flexibility index (Phi) is 5.70. The molecule has 5 heteroatoms. The van der Waals surface area contributed by atoms with Crippen LogP contribution in [0.15, 0.2) is 16.6 Å². The number of nitrogens with zero attached hydrogens (tertiary/aromatic N) is 1. The van der Waals surface area contributed by atoms with Crippen LogP contribution in [0, 0.1) is 11.7 Å². The molecule has 0 aromatic heterocycles. The van der Waals surface area contributed by atoms with Gasteiger partial charge in [0.15, 0.2) is 0 Å². The summed E-state index contributed by atoms with van der Waals surface area (Å²) < 4.78 is 14.1. The van der Waals surface area contributed by atoms with Gasteiger partial charge in [-0.05, 0) is 46.9 Å². The lowest BCUT2D eigenvalue weighted by molar-refractivity contribution is 0.384. The molecule has 0 radical (unpaired) electrons. The molecule has 1 N–H and O–H groups in total. The maximum absolute atomic E-state index is 13.4. The van der Waals surface area contributed by atoms with Gasteiger partial charge in [0.25, 0.3) is 0 Å². The van der Waals surface area contributed by atoms with E-state index in [0.717, 1.165) is 42.6 Å². The van der Waals surface area contributed by atoms with Crippen LogP contribution in [0.4, 0.5) is 10.1 Å². The largest absolute Gasteiger partial charge is 0.368 e. The Bertz CT molecular complexity index is 446. The highest BCUT2D eigenvalue weighted by molar-refractivity contribution is 9.10. The molecule has 1 heterocycles. The van der Waals surface area contributed by atoms with Crippen molar-refractivity contribution in [2.75, 3.05) is 24.5 Å². The third-order valence-electron chi connectivity index (χ3n) is 4.06. The van der Waals surface area contributed by atoms with Gasteiger partial charge < -0.3 is 10.2 Å². The van der Waals surface area contributed by atoms with E-state index in [-0.39, 0.29) is 5.82 Å². The van der Waals surface area contributed by atoms with E-state index in [0.29, 0.717) is 17.0 Å². The van der Waals surface area contributed by atoms with Crippen LogP contribution in [0.25, 0.3) is 0 Å². The monoisotopic (exact) mass is 362 g/mol. The van der Waals surface area contributed by atoms with Gasteiger partial charge in [0.05, 0.1) is 10.7 Å². The molecule has 1 fully saturated rings. The molecule has 1 saturated heterocycles. The van der Waals surface area contributed by atoms with Gasteiger partial charge in [-0.15, -0.1) is 0 Å². The highest BCUT2D eigenvalue weighted by atomic mass is 79.9. The third-order valence-corrected chi connectivity index (χ3v) is 4.95. The molecular formula is C15H21BrClFN2. The van der Waals surface area contributed by atoms with Crippen LogP contribution < -0.4 is 10.2 Å². The van der Waals surface area contributed by atoms with Gasteiger partial charge in [-0.1, -0.05) is 31.9 Å². The first-order chi connectivity index (χ1) is 9.52. The second-order valence-electron chi connectivity index (χ2n) is 5.46. The van der Waals surface area contributed by atoms with Crippen LogP contribution >= 0.6 is 27.5 Å². The van der Waals surface area contributed by atoms with Crippen molar-refractivity contribution in [3.8, 4) is 0 Å². The lowest BCUT2D eigenvalue weighted by atomic mass is 9.99. The standard InChI is InChI=1S/C15H21BrClFN2/c1-3-10(2)14-9-20(6-4-5-19-14)15-12(16)7-11(18)8-13(15)17/h7-8,10,14,19H,3-6,9H2,1-2H3. The number of nitrogens with one attached hydrogen (secondary N) is 1. The molecule has 2 nitrogen and oxygen atoms in total. The predicted octanol–water partition coefficient (Wildman–Crippen LogP) is 4.46. The van der Waals surface area contributed by atoms with Crippen molar-refractivity contribution in [3.05, 3.63) is 27.4 Å². The van der Waals surface area contributed by atoms with Gasteiger partial charge in [-0.2, -0.15) is 0 Å². The van der Waals surface area contributed by atoms with E-state index in [9.17, 15) is 4.39 Å². The number of anilines is 1. The summed E-state index contributed by atoms with van der Waals surface area (Å²) in [5.41, 5.74) is 0.907. The van der Waals surface area contributed by atoms with Gasteiger partial charge in [-0.3, -0.25) is 0 Å². The Labute approximate surface area is 133 Å². The molecule has 1 aliphatic heterocycles. The smallest absolute Gasteiger partial charge is 0.125 e. The number of hydrogen-bond donors (Lipinski definition) is 1. The first-order valence-electron chi connectivity index (χ1n) is 7.15. The van der Waals surface area contributed by atoms with Crippen LogP contribution in [0.1, 0.15) is 26.7 Å². The van der Waals surface area contributed by atoms with Crippen LogP contribution in [-0.2, 0) is 0 Å². The number of benzene rings is 1. The van der Waals surface area contributed by atoms with Crippen LogP contribution in [0.5, 0.6) is 0 Å². The lowest BCUT2D eigenvalue weighted by Gasteiger charge is -2.30. The van der Waals surface area contributed by atoms with E-state index in [1.165, 1.54) is 12.1 Å². The number of hydrogen-bond acceptors (Lipinski definition) is 2. The molecule has 1 aliphatic rings. The Hall–Kier alpha value is -0.320. The third kappa shape index (κ3) is 3.66. The summed E-state index contributed by atoms with van der Waals surface area (Å²) in [7, 11) is 0. The number of halogens is 3. The summed E-state index contributed by atoms with van der Waals surface area (Å²) in [6, 6.07) is 3.31. The van der Waals surface area contributed by atoms with Gasteiger partial charge in [-0.25, -0.2) is 4.39 Å². The summed E-state index contributed by atoms with van der Waals surface area (Å²) in [5.74, 6) is 0.297. The van der Waals surface area contributed by atoms with Crippen molar-refractivity contribution in [2.45, 2.75) is 32.7 Å². The van der Waals surface area contributed by atoms with Crippen molar-refractivity contribution in [1.29, 1.82) is 0 Å². The van der Waals surface area contributed by atoms with E-state index >= 15 is 0 Å². The van der Waals surface area contributed by atoms with Gasteiger partial charge in [0, 0.05) is 23.6 Å². The maximum atomic E-state index is 13.4. The second kappa shape index (κ2) is 7.10. The Balaban J connectivity index is 2.26. The second-order valence-corrected chi connectivity index (χ2v) is 6.73. The van der Waals surface area contributed by atoms with Gasteiger partial charge in [0.2, 0.25) is 0 Å². The van der Waals surface area contributed by atoms with Crippen LogP contribution in [-0.4, -0.2) is 25.7 Å². The Morgan fingerprint density at radius 3 is 2.95 bits per heavy atom. The normalized spacial score (nSPS) is 21.6. The molecule has 2 rings (SSSR count). The van der Waals surface area contributed by atoms with Crippen molar-refractivity contribution < 1.29 is 4.39 Å². The highest BCUT2D eigenvalue weighted by Gasteiger charge is 2.24. The zero-order valence-corrected chi connectivity index (χ0v) is 14.3. The fourth-order valence-corrected chi connectivity index (χ4v) is 3.78. The molecule has 0 aliphatic carbocycles. The fourth-order valence-electron chi connectivity index (χ4n) is 2.66. The first kappa shape index (κ1) is 16.1. The molecule has 1 aromatic carbocycles. The zero-order valence-electron chi connectivity index (χ0n) is 11.9. The molecule has 1 aromatic rings. The number of rotatable bonds is 3. The van der Waals surface area contributed by atoms with E-state index in [4.69, 9.17) is 11.6 Å². The molecule has 0 spiro atoms. The molecule has 2 unspecified atom stereocenters. The average Bonchev–Trinajstić information content (AvgIpc) is 2.62. The van der Waals surface area contributed by atoms with Crippen LogP contribution in [0.3, 0.4) is 0 Å². The fraction of sp³-hybridized carbons (Fsp3) is 0.600. The Morgan fingerprint density at radius 1 is 1.55 bits per heavy atom. The average molecular weight is 364 g/mol. The van der Waals surface area contributed by atoms with Crippen molar-refractivity contribution in [3.63, 3.8) is 0 Å². The maximum Gasteiger partial charge on any atom is 0.125 e. The molecule has 20 heavy (non-hydrogen) atoms. The van der Waals surface area contributed by atoms with Crippen molar-refractivity contribution in [1.82, 2.24) is 5.32 Å². The van der Waals surface area contributed by atoms with Crippen molar-refractivity contribution in [2.24, 2.45) is 5.92 Å². The summed E-state index contributed by atoms with van der Waals surface area (Å²) in [6.07, 6.45) is 2.21. The topological polar surface area (TPSA) is 15.3 Å². The van der Waals surface area contributed by atoms with Crippen molar-refractivity contribution >= 4 is 33.2 Å². The minimum Gasteiger partial charge on any atom is -0.368 e. The van der Waals surface area contributed by atoms with Gasteiger partial charge in [0.1, 0.15) is 5.82 Å². The molecule has 0 bridgehead atoms. The molecule has 0 amide bonds. The minimum atomic E-state index is -0.308. The van der Waals surface area contributed by atoms with E-state index in [1.54, 1.807) is 0 Å². The lowest BCUT2D eigenvalue weighted by Crippen LogP contribution is -2.42. The van der Waals surface area contributed by atoms with E-state index in [2.05, 4.69) is 40.0 Å². The quantitative estimate of drug-likeness (QED) is 0.853.